The number of nitrogens with zero attached hydrogens (tertiary/aromatic N) is 2. The van der Waals surface area contributed by atoms with Gasteiger partial charge in [0.05, 0.1) is 0 Å². The molecule has 0 bridgehead atoms. The minimum Gasteiger partial charge on any atom is -0.396 e. The molecular weight excluding hydrogens is 200 g/mol. The lowest BCUT2D eigenvalue weighted by Crippen LogP contribution is -2.62. The van der Waals surface area contributed by atoms with Gasteiger partial charge < -0.3 is 10.0 Å². The predicted molar refractivity (Wildman–Crippen MR) is 68.6 cm³/mol. The van der Waals surface area contributed by atoms with Crippen molar-refractivity contribution in [2.45, 2.75) is 45.7 Å². The fraction of sp³-hybridized carbons (Fsp3) is 1.00. The molecule has 0 radical (unpaired) electrons. The van der Waals surface area contributed by atoms with Crippen molar-refractivity contribution in [1.82, 2.24) is 9.80 Å². The third kappa shape index (κ3) is 3.44. The lowest BCUT2D eigenvalue weighted by molar-refractivity contribution is -0.0179. The van der Waals surface area contributed by atoms with Crippen LogP contribution in [-0.2, 0) is 0 Å². The van der Waals surface area contributed by atoms with E-state index >= 15 is 0 Å². The molecule has 3 heteroatoms. The molecule has 0 aromatic rings. The normalized spacial score (nSPS) is 27.6. The number of piperazine rings is 1. The number of aliphatic hydroxyl groups is 1. The molecule has 1 fully saturated rings. The molecule has 16 heavy (non-hydrogen) atoms. The molecule has 0 aliphatic carbocycles. The fourth-order valence-corrected chi connectivity index (χ4v) is 2.70. The molecule has 1 saturated heterocycles. The molecule has 0 aromatic heterocycles. The highest BCUT2D eigenvalue weighted by Gasteiger charge is 2.36. The maximum Gasteiger partial charge on any atom is 0.0446 e. The van der Waals surface area contributed by atoms with Gasteiger partial charge in [-0.05, 0) is 33.2 Å². The molecule has 1 atom stereocenters. The van der Waals surface area contributed by atoms with Crippen LogP contribution in [0.2, 0.25) is 0 Å². The number of rotatable bonds is 4. The molecule has 0 spiro atoms. The highest BCUT2D eigenvalue weighted by atomic mass is 16.3. The van der Waals surface area contributed by atoms with Gasteiger partial charge in [-0.2, -0.15) is 0 Å². The van der Waals surface area contributed by atoms with Crippen molar-refractivity contribution < 1.29 is 5.11 Å². The summed E-state index contributed by atoms with van der Waals surface area (Å²) in [4.78, 5) is 4.98. The van der Waals surface area contributed by atoms with Gasteiger partial charge in [0, 0.05) is 37.8 Å². The quantitative estimate of drug-likeness (QED) is 0.788. The summed E-state index contributed by atoms with van der Waals surface area (Å²) in [5.41, 5.74) is 0.255. The molecule has 1 unspecified atom stereocenters. The monoisotopic (exact) mass is 228 g/mol. The Labute approximate surface area is 100 Å². The lowest BCUT2D eigenvalue weighted by Gasteiger charge is -2.50. The van der Waals surface area contributed by atoms with Crippen molar-refractivity contribution in [3.8, 4) is 0 Å². The Balaban J connectivity index is 2.66. The number of aliphatic hydroxyl groups excluding tert-OH is 1. The largest absolute Gasteiger partial charge is 0.396 e. The number of likely N-dealkylation sites (N-methyl/N-ethyl adjacent to an activating group) is 1. The third-order valence-corrected chi connectivity index (χ3v) is 3.59. The summed E-state index contributed by atoms with van der Waals surface area (Å²) < 4.78 is 0. The standard InChI is InChI=1S/C13H28N2O/c1-11(2)8-15-9-12(6-7-16)14(5)10-13(15,3)4/h11-12,16H,6-10H2,1-5H3. The molecule has 3 nitrogen and oxygen atoms in total. The summed E-state index contributed by atoms with van der Waals surface area (Å²) in [5, 5.41) is 9.09. The van der Waals surface area contributed by atoms with Gasteiger partial charge in [-0.15, -0.1) is 0 Å². The van der Waals surface area contributed by atoms with E-state index in [2.05, 4.69) is 44.5 Å². The summed E-state index contributed by atoms with van der Waals surface area (Å²) in [5.74, 6) is 0.706. The van der Waals surface area contributed by atoms with Gasteiger partial charge in [-0.3, -0.25) is 4.90 Å². The molecule has 1 rings (SSSR count). The van der Waals surface area contributed by atoms with E-state index in [-0.39, 0.29) is 5.54 Å². The summed E-state index contributed by atoms with van der Waals surface area (Å²) >= 11 is 0. The van der Waals surface area contributed by atoms with Gasteiger partial charge in [0.2, 0.25) is 0 Å². The Bertz CT molecular complexity index is 216. The maximum atomic E-state index is 9.09. The van der Waals surface area contributed by atoms with Crippen molar-refractivity contribution in [2.24, 2.45) is 5.92 Å². The first-order chi connectivity index (χ1) is 7.36. The van der Waals surface area contributed by atoms with Crippen LogP contribution in [0.4, 0.5) is 0 Å². The van der Waals surface area contributed by atoms with Crippen LogP contribution < -0.4 is 0 Å². The zero-order valence-electron chi connectivity index (χ0n) is 11.5. The topological polar surface area (TPSA) is 26.7 Å². The van der Waals surface area contributed by atoms with Crippen LogP contribution in [0.1, 0.15) is 34.1 Å². The molecule has 0 amide bonds. The molecule has 96 valence electrons. The zero-order valence-corrected chi connectivity index (χ0v) is 11.5. The molecule has 1 aliphatic heterocycles. The van der Waals surface area contributed by atoms with E-state index in [0.717, 1.165) is 26.1 Å². The zero-order chi connectivity index (χ0) is 12.3. The molecule has 0 aromatic carbocycles. The van der Waals surface area contributed by atoms with Gasteiger partial charge in [0.1, 0.15) is 0 Å². The first kappa shape index (κ1) is 13.9. The first-order valence-electron chi connectivity index (χ1n) is 6.43. The Morgan fingerprint density at radius 1 is 1.38 bits per heavy atom. The summed E-state index contributed by atoms with van der Waals surface area (Å²) in [6, 6.07) is 0.511. The summed E-state index contributed by atoms with van der Waals surface area (Å²) in [7, 11) is 2.18. The highest BCUT2D eigenvalue weighted by Crippen LogP contribution is 2.25. The number of hydrogen-bond donors (Lipinski definition) is 1. The van der Waals surface area contributed by atoms with E-state index in [9.17, 15) is 0 Å². The second-order valence-corrected chi connectivity index (χ2v) is 6.19. The van der Waals surface area contributed by atoms with Crippen molar-refractivity contribution >= 4 is 0 Å². The predicted octanol–water partition coefficient (Wildman–Crippen LogP) is 1.42. The van der Waals surface area contributed by atoms with Crippen LogP contribution in [0, 0.1) is 5.92 Å². The Morgan fingerprint density at radius 2 is 2.00 bits per heavy atom. The van der Waals surface area contributed by atoms with Crippen molar-refractivity contribution in [1.29, 1.82) is 0 Å². The fourth-order valence-electron chi connectivity index (χ4n) is 2.70. The van der Waals surface area contributed by atoms with Crippen LogP contribution in [0.15, 0.2) is 0 Å². The average molecular weight is 228 g/mol. The highest BCUT2D eigenvalue weighted by molar-refractivity contribution is 4.93. The van der Waals surface area contributed by atoms with Crippen LogP contribution >= 0.6 is 0 Å². The van der Waals surface area contributed by atoms with Gasteiger partial charge in [-0.1, -0.05) is 13.8 Å². The van der Waals surface area contributed by atoms with E-state index < -0.39 is 0 Å². The van der Waals surface area contributed by atoms with Crippen LogP contribution in [0.3, 0.4) is 0 Å². The van der Waals surface area contributed by atoms with Gasteiger partial charge >= 0.3 is 0 Å². The van der Waals surface area contributed by atoms with Gasteiger partial charge in [0.25, 0.3) is 0 Å². The Hall–Kier alpha value is -0.120. The first-order valence-corrected chi connectivity index (χ1v) is 6.43. The second kappa shape index (κ2) is 5.48. The molecule has 1 aliphatic rings. The van der Waals surface area contributed by atoms with E-state index in [1.807, 2.05) is 0 Å². The Morgan fingerprint density at radius 3 is 2.50 bits per heavy atom. The molecule has 1 heterocycles. The average Bonchev–Trinajstić information content (AvgIpc) is 2.12. The lowest BCUT2D eigenvalue weighted by atomic mass is 9.93. The van der Waals surface area contributed by atoms with E-state index in [4.69, 9.17) is 5.11 Å². The van der Waals surface area contributed by atoms with Gasteiger partial charge in [0.15, 0.2) is 0 Å². The van der Waals surface area contributed by atoms with Gasteiger partial charge in [-0.25, -0.2) is 0 Å². The minimum atomic E-state index is 0.255. The van der Waals surface area contributed by atoms with Crippen molar-refractivity contribution in [3.05, 3.63) is 0 Å². The molecular formula is C13H28N2O. The smallest absolute Gasteiger partial charge is 0.0446 e. The maximum absolute atomic E-state index is 9.09. The van der Waals surface area contributed by atoms with Crippen molar-refractivity contribution in [3.63, 3.8) is 0 Å². The van der Waals surface area contributed by atoms with Crippen LogP contribution in [0.25, 0.3) is 0 Å². The molecule has 1 N–H and O–H groups in total. The second-order valence-electron chi connectivity index (χ2n) is 6.19. The third-order valence-electron chi connectivity index (χ3n) is 3.59. The van der Waals surface area contributed by atoms with Crippen LogP contribution in [-0.4, -0.2) is 59.8 Å². The summed E-state index contributed by atoms with van der Waals surface area (Å²) in [6.45, 7) is 12.8. The van der Waals surface area contributed by atoms with E-state index in [0.29, 0.717) is 18.6 Å². The Kier molecular flexibility index (Phi) is 4.77. The minimum absolute atomic E-state index is 0.255. The van der Waals surface area contributed by atoms with Crippen molar-refractivity contribution in [2.75, 3.05) is 33.3 Å². The summed E-state index contributed by atoms with van der Waals surface area (Å²) in [6.07, 6.45) is 0.890. The number of hydrogen-bond acceptors (Lipinski definition) is 3. The molecule has 0 saturated carbocycles. The van der Waals surface area contributed by atoms with E-state index in [1.54, 1.807) is 0 Å². The van der Waals surface area contributed by atoms with Crippen LogP contribution in [0.5, 0.6) is 0 Å². The van der Waals surface area contributed by atoms with E-state index in [1.165, 1.54) is 0 Å². The SMILES string of the molecule is CC(C)CN1CC(CCO)N(C)CC1(C)C.